The second kappa shape index (κ2) is 8.94. The van der Waals surface area contributed by atoms with Gasteiger partial charge in [0.2, 0.25) is 10.0 Å². The van der Waals surface area contributed by atoms with E-state index in [1.54, 1.807) is 12.1 Å². The third-order valence-corrected chi connectivity index (χ3v) is 6.64. The predicted molar refractivity (Wildman–Crippen MR) is 111 cm³/mol. The summed E-state index contributed by atoms with van der Waals surface area (Å²) in [4.78, 5) is 13.0. The van der Waals surface area contributed by atoms with Gasteiger partial charge in [-0.05, 0) is 50.6 Å². The highest BCUT2D eigenvalue weighted by Crippen LogP contribution is 2.30. The molecule has 2 aromatic carbocycles. The maximum absolute atomic E-state index is 13.0. The number of aryl methyl sites for hydroxylation is 2. The Bertz CT molecular complexity index is 998. The second-order valence-corrected chi connectivity index (χ2v) is 8.82. The molecule has 156 valence electrons. The Kier molecular flexibility index (Phi) is 6.56. The van der Waals surface area contributed by atoms with Crippen LogP contribution < -0.4 is 10.1 Å². The van der Waals surface area contributed by atoms with Gasteiger partial charge in [0.1, 0.15) is 5.75 Å². The molecular weight excluding hydrogens is 392 g/mol. The molecule has 7 nitrogen and oxygen atoms in total. The van der Waals surface area contributed by atoms with Crippen molar-refractivity contribution in [2.75, 3.05) is 38.2 Å². The quantitative estimate of drug-likeness (QED) is 0.780. The molecule has 1 N–H and O–H groups in total. The van der Waals surface area contributed by atoms with E-state index in [4.69, 9.17) is 9.47 Å². The highest BCUT2D eigenvalue weighted by atomic mass is 32.2. The number of hydrogen-bond acceptors (Lipinski definition) is 5. The van der Waals surface area contributed by atoms with Gasteiger partial charge in [-0.15, -0.1) is 0 Å². The zero-order valence-corrected chi connectivity index (χ0v) is 17.7. The zero-order valence-electron chi connectivity index (χ0n) is 16.9. The fourth-order valence-electron chi connectivity index (χ4n) is 3.15. The van der Waals surface area contributed by atoms with Gasteiger partial charge in [0.25, 0.3) is 5.91 Å². The van der Waals surface area contributed by atoms with E-state index in [-0.39, 0.29) is 10.8 Å². The van der Waals surface area contributed by atoms with Gasteiger partial charge < -0.3 is 14.8 Å². The standard InChI is InChI=1S/C21H26N2O5S/c1-4-28-20-8-7-17(29(25,26)23-9-11-27-12-10-23)14-19(20)22-21(24)18-13-15(2)5-6-16(18)3/h5-8,13-14H,4,9-12H2,1-3H3,(H,22,24). The molecule has 8 heteroatoms. The molecule has 0 aromatic heterocycles. The van der Waals surface area contributed by atoms with Gasteiger partial charge in [-0.3, -0.25) is 4.79 Å². The average Bonchev–Trinajstić information content (AvgIpc) is 2.71. The van der Waals surface area contributed by atoms with E-state index in [1.165, 1.54) is 16.4 Å². The predicted octanol–water partition coefficient (Wildman–Crippen LogP) is 2.98. The molecule has 3 rings (SSSR count). The van der Waals surface area contributed by atoms with Gasteiger partial charge >= 0.3 is 0 Å². The molecule has 0 spiro atoms. The molecule has 0 unspecified atom stereocenters. The first kappa shape index (κ1) is 21.3. The van der Waals surface area contributed by atoms with Crippen LogP contribution >= 0.6 is 0 Å². The highest BCUT2D eigenvalue weighted by Gasteiger charge is 2.27. The van der Waals surface area contributed by atoms with Crippen molar-refractivity contribution >= 4 is 21.6 Å². The fraction of sp³-hybridized carbons (Fsp3) is 0.381. The molecule has 0 bridgehead atoms. The Balaban J connectivity index is 1.95. The average molecular weight is 419 g/mol. The normalized spacial score (nSPS) is 15.1. The van der Waals surface area contributed by atoms with Gasteiger partial charge in [-0.25, -0.2) is 8.42 Å². The minimum absolute atomic E-state index is 0.110. The molecule has 0 aliphatic carbocycles. The summed E-state index contributed by atoms with van der Waals surface area (Å²) in [5, 5.41) is 2.82. The van der Waals surface area contributed by atoms with E-state index in [0.717, 1.165) is 11.1 Å². The van der Waals surface area contributed by atoms with E-state index in [1.807, 2.05) is 32.9 Å². The Morgan fingerprint density at radius 2 is 1.86 bits per heavy atom. The van der Waals surface area contributed by atoms with Crippen LogP contribution in [0.5, 0.6) is 5.75 Å². The summed E-state index contributed by atoms with van der Waals surface area (Å²) in [6.07, 6.45) is 0. The maximum Gasteiger partial charge on any atom is 0.256 e. The molecule has 1 aliphatic heterocycles. The topological polar surface area (TPSA) is 84.9 Å². The van der Waals surface area contributed by atoms with Gasteiger partial charge in [-0.1, -0.05) is 17.7 Å². The van der Waals surface area contributed by atoms with Crippen LogP contribution in [0.25, 0.3) is 0 Å². The van der Waals surface area contributed by atoms with Crippen LogP contribution in [0, 0.1) is 13.8 Å². The van der Waals surface area contributed by atoms with Gasteiger partial charge in [0.15, 0.2) is 0 Å². The summed E-state index contributed by atoms with van der Waals surface area (Å²) in [5.74, 6) is 0.111. The van der Waals surface area contributed by atoms with Crippen LogP contribution in [0.1, 0.15) is 28.4 Å². The number of anilines is 1. The fourth-order valence-corrected chi connectivity index (χ4v) is 4.59. The Hall–Kier alpha value is -2.42. The molecule has 2 aromatic rings. The molecule has 1 amide bonds. The lowest BCUT2D eigenvalue weighted by molar-refractivity contribution is 0.0730. The first-order valence-corrected chi connectivity index (χ1v) is 11.0. The van der Waals surface area contributed by atoms with Crippen molar-refractivity contribution in [1.29, 1.82) is 0 Å². The molecule has 1 heterocycles. The van der Waals surface area contributed by atoms with E-state index >= 15 is 0 Å². The smallest absolute Gasteiger partial charge is 0.256 e. The number of nitrogens with one attached hydrogen (secondary N) is 1. The van der Waals surface area contributed by atoms with Gasteiger partial charge in [-0.2, -0.15) is 4.31 Å². The van der Waals surface area contributed by atoms with Gasteiger partial charge in [0, 0.05) is 18.7 Å². The summed E-state index contributed by atoms with van der Waals surface area (Å²) >= 11 is 0. The molecule has 0 radical (unpaired) electrons. The number of morpholine rings is 1. The van der Waals surface area contributed by atoms with E-state index < -0.39 is 10.0 Å². The van der Waals surface area contributed by atoms with Crippen LogP contribution in [0.4, 0.5) is 5.69 Å². The largest absolute Gasteiger partial charge is 0.492 e. The Morgan fingerprint density at radius 1 is 1.14 bits per heavy atom. The minimum Gasteiger partial charge on any atom is -0.492 e. The second-order valence-electron chi connectivity index (χ2n) is 6.88. The van der Waals surface area contributed by atoms with Crippen LogP contribution in [-0.4, -0.2) is 51.5 Å². The highest BCUT2D eigenvalue weighted by molar-refractivity contribution is 7.89. The SMILES string of the molecule is CCOc1ccc(S(=O)(=O)N2CCOCC2)cc1NC(=O)c1cc(C)ccc1C. The lowest BCUT2D eigenvalue weighted by Gasteiger charge is -2.26. The lowest BCUT2D eigenvalue weighted by atomic mass is 10.0. The third kappa shape index (κ3) is 4.77. The summed E-state index contributed by atoms with van der Waals surface area (Å²) in [6.45, 7) is 7.34. The van der Waals surface area contributed by atoms with Crippen molar-refractivity contribution in [1.82, 2.24) is 4.31 Å². The number of ether oxygens (including phenoxy) is 2. The Labute approximate surface area is 171 Å². The summed E-state index contributed by atoms with van der Waals surface area (Å²) < 4.78 is 38.2. The van der Waals surface area contributed by atoms with Crippen LogP contribution in [0.2, 0.25) is 0 Å². The van der Waals surface area contributed by atoms with Crippen molar-refractivity contribution in [2.45, 2.75) is 25.7 Å². The minimum atomic E-state index is -3.69. The number of carbonyl (C=O) groups is 1. The number of amides is 1. The van der Waals surface area contributed by atoms with Crippen LogP contribution in [0.3, 0.4) is 0 Å². The lowest BCUT2D eigenvalue weighted by Crippen LogP contribution is -2.40. The number of sulfonamides is 1. The molecule has 1 fully saturated rings. The Morgan fingerprint density at radius 3 is 2.55 bits per heavy atom. The molecular formula is C21H26N2O5S. The molecule has 0 atom stereocenters. The molecule has 0 saturated carbocycles. The van der Waals surface area contributed by atoms with E-state index in [2.05, 4.69) is 5.32 Å². The van der Waals surface area contributed by atoms with Crippen molar-refractivity contribution < 1.29 is 22.7 Å². The zero-order chi connectivity index (χ0) is 21.0. The van der Waals surface area contributed by atoms with Crippen molar-refractivity contribution in [3.8, 4) is 5.75 Å². The van der Waals surface area contributed by atoms with E-state index in [9.17, 15) is 13.2 Å². The number of rotatable bonds is 6. The summed E-state index contributed by atoms with van der Waals surface area (Å²) in [6, 6.07) is 10.2. The number of hydrogen-bond donors (Lipinski definition) is 1. The molecule has 1 saturated heterocycles. The van der Waals surface area contributed by atoms with Gasteiger partial charge in [0.05, 0.1) is 30.4 Å². The third-order valence-electron chi connectivity index (χ3n) is 4.74. The van der Waals surface area contributed by atoms with Crippen molar-refractivity contribution in [3.63, 3.8) is 0 Å². The maximum atomic E-state index is 13.0. The van der Waals surface area contributed by atoms with E-state index in [0.29, 0.717) is 49.9 Å². The monoisotopic (exact) mass is 418 g/mol. The summed E-state index contributed by atoms with van der Waals surface area (Å²) in [5.41, 5.74) is 2.67. The number of carbonyl (C=O) groups excluding carboxylic acids is 1. The first-order valence-electron chi connectivity index (χ1n) is 9.56. The van der Waals surface area contributed by atoms with Crippen LogP contribution in [-0.2, 0) is 14.8 Å². The number of nitrogens with zero attached hydrogens (tertiary/aromatic N) is 1. The van der Waals surface area contributed by atoms with Crippen molar-refractivity contribution in [2.24, 2.45) is 0 Å². The number of benzene rings is 2. The molecule has 29 heavy (non-hydrogen) atoms. The summed E-state index contributed by atoms with van der Waals surface area (Å²) in [7, 11) is -3.69. The van der Waals surface area contributed by atoms with Crippen molar-refractivity contribution in [3.05, 3.63) is 53.1 Å². The van der Waals surface area contributed by atoms with Crippen LogP contribution in [0.15, 0.2) is 41.3 Å². The first-order chi connectivity index (χ1) is 13.8. The molecule has 1 aliphatic rings.